The zero-order chi connectivity index (χ0) is 32.2. The summed E-state index contributed by atoms with van der Waals surface area (Å²) in [7, 11) is -3.29. The van der Waals surface area contributed by atoms with Crippen LogP contribution in [0.25, 0.3) is 11.1 Å². The van der Waals surface area contributed by atoms with Gasteiger partial charge in [0.1, 0.15) is 5.82 Å². The molecule has 0 fully saturated rings. The van der Waals surface area contributed by atoms with Crippen LogP contribution in [-0.2, 0) is 33.8 Å². The summed E-state index contributed by atoms with van der Waals surface area (Å²) >= 11 is 5.73. The molecule has 13 heteroatoms. The van der Waals surface area contributed by atoms with Crippen LogP contribution in [0.1, 0.15) is 37.0 Å². The van der Waals surface area contributed by atoms with Crippen molar-refractivity contribution in [2.24, 2.45) is 0 Å². The highest BCUT2D eigenvalue weighted by atomic mass is 35.5. The molecule has 0 aromatic heterocycles. The number of rotatable bonds is 13. The van der Waals surface area contributed by atoms with Gasteiger partial charge in [0, 0.05) is 32.1 Å². The smallest absolute Gasteiger partial charge is 0.416 e. The molecule has 0 bridgehead atoms. The quantitative estimate of drug-likeness (QED) is 0.204. The molecule has 1 atom stereocenters. The topological polar surface area (TPSA) is 107 Å². The van der Waals surface area contributed by atoms with Crippen LogP contribution in [0.5, 0.6) is 0 Å². The van der Waals surface area contributed by atoms with Gasteiger partial charge in [0.15, 0.2) is 0 Å². The van der Waals surface area contributed by atoms with Crippen LogP contribution in [0.4, 0.5) is 17.6 Å². The molecule has 0 saturated heterocycles. The van der Waals surface area contributed by atoms with Crippen molar-refractivity contribution in [1.29, 1.82) is 0 Å². The van der Waals surface area contributed by atoms with E-state index in [9.17, 15) is 35.9 Å². The molecule has 0 radical (unpaired) electrons. The summed E-state index contributed by atoms with van der Waals surface area (Å²) in [6, 6.07) is 13.1. The number of benzene rings is 3. The van der Waals surface area contributed by atoms with Crippen molar-refractivity contribution in [3.8, 4) is 11.1 Å². The number of aliphatic hydroxyl groups is 1. The molecular formula is C30H33ClF4N2O5S. The molecule has 7 nitrogen and oxygen atoms in total. The van der Waals surface area contributed by atoms with E-state index in [1.165, 1.54) is 24.3 Å². The number of hydrogen-bond donors (Lipinski definition) is 3. The van der Waals surface area contributed by atoms with E-state index < -0.39 is 56.6 Å². The highest BCUT2D eigenvalue weighted by Gasteiger charge is 2.34. The minimum atomic E-state index is -4.83. The lowest BCUT2D eigenvalue weighted by Gasteiger charge is -2.29. The van der Waals surface area contributed by atoms with Gasteiger partial charge in [-0.1, -0.05) is 41.9 Å². The Kier molecular flexibility index (Phi) is 11.0. The average molecular weight is 645 g/mol. The number of β-amino-alcohol motifs (C(OH)–C–C–N with tert-alkyl or cyclic N) is 1. The van der Waals surface area contributed by atoms with Gasteiger partial charge in [0.2, 0.25) is 10.0 Å². The summed E-state index contributed by atoms with van der Waals surface area (Å²) in [4.78, 5) is 10.2. The number of aliphatic carboxylic acids is 1. The minimum absolute atomic E-state index is 0.00652. The van der Waals surface area contributed by atoms with Crippen LogP contribution >= 0.6 is 11.6 Å². The number of sulfonamides is 1. The van der Waals surface area contributed by atoms with Gasteiger partial charge in [-0.25, -0.2) is 12.8 Å². The van der Waals surface area contributed by atoms with Crippen LogP contribution in [0, 0.1) is 5.82 Å². The molecule has 234 valence electrons. The van der Waals surface area contributed by atoms with E-state index in [0.717, 1.165) is 23.5 Å². The molecule has 0 aliphatic rings. The highest BCUT2D eigenvalue weighted by Crippen LogP contribution is 2.35. The molecular weight excluding hydrogens is 612 g/mol. The molecule has 3 aromatic carbocycles. The largest absolute Gasteiger partial charge is 0.481 e. The van der Waals surface area contributed by atoms with Crippen LogP contribution in [-0.4, -0.2) is 60.7 Å². The molecule has 1 unspecified atom stereocenters. The van der Waals surface area contributed by atoms with Crippen LogP contribution in [0.2, 0.25) is 5.02 Å². The van der Waals surface area contributed by atoms with Gasteiger partial charge < -0.3 is 15.5 Å². The first-order valence-corrected chi connectivity index (χ1v) is 15.1. The van der Waals surface area contributed by atoms with Gasteiger partial charge in [-0.15, -0.1) is 0 Å². The second kappa shape index (κ2) is 13.7. The summed E-state index contributed by atoms with van der Waals surface area (Å²) in [5, 5.41) is 22.6. The Bertz CT molecular complexity index is 1550. The Labute approximate surface area is 253 Å². The lowest BCUT2D eigenvalue weighted by atomic mass is 9.94. The zero-order valence-corrected chi connectivity index (χ0v) is 25.3. The second-order valence-electron chi connectivity index (χ2n) is 11.0. The highest BCUT2D eigenvalue weighted by molar-refractivity contribution is 7.89. The Morgan fingerprint density at radius 2 is 1.63 bits per heavy atom. The first-order valence-electron chi connectivity index (χ1n) is 13.2. The Morgan fingerprint density at radius 1 is 1.00 bits per heavy atom. The molecule has 43 heavy (non-hydrogen) atoms. The van der Waals surface area contributed by atoms with Gasteiger partial charge >= 0.3 is 12.1 Å². The summed E-state index contributed by atoms with van der Waals surface area (Å²) in [5.74, 6) is -1.55. The number of aliphatic hydroxyl groups excluding tert-OH is 1. The maximum atomic E-state index is 13.8. The summed E-state index contributed by atoms with van der Waals surface area (Å²) in [6.07, 6.45) is -5.56. The average Bonchev–Trinajstić information content (AvgIpc) is 2.92. The van der Waals surface area contributed by atoms with Crippen molar-refractivity contribution in [1.82, 2.24) is 9.62 Å². The van der Waals surface area contributed by atoms with Crippen LogP contribution in [0.3, 0.4) is 0 Å². The van der Waals surface area contributed by atoms with E-state index in [-0.39, 0.29) is 30.0 Å². The fraction of sp³-hybridized carbons (Fsp3) is 0.367. The van der Waals surface area contributed by atoms with Gasteiger partial charge in [0.05, 0.1) is 21.6 Å². The lowest BCUT2D eigenvalue weighted by molar-refractivity contribution is -0.138. The molecule has 0 aliphatic carbocycles. The normalized spacial score (nSPS) is 13.3. The van der Waals surface area contributed by atoms with Crippen LogP contribution in [0.15, 0.2) is 65.6 Å². The Balaban J connectivity index is 1.76. The van der Waals surface area contributed by atoms with E-state index in [0.29, 0.717) is 29.2 Å². The molecule has 0 saturated carbocycles. The minimum Gasteiger partial charge on any atom is -0.481 e. The maximum absolute atomic E-state index is 13.8. The second-order valence-corrected chi connectivity index (χ2v) is 13.4. The molecule has 0 spiro atoms. The monoisotopic (exact) mass is 644 g/mol. The first kappa shape index (κ1) is 34.5. The number of nitrogens with one attached hydrogen (secondary N) is 1. The number of aryl methyl sites for hydroxylation is 1. The fourth-order valence-corrected chi connectivity index (χ4v) is 5.85. The number of likely N-dealkylation sites (N-methyl/N-ethyl adjacent to an activating group) is 1. The standard InChI is InChI=1S/C30H33ClF4N2O5S/c1-29(2,16-20-6-10-26(31)27(32)12-20)36-17-24(38)18-37(3)43(41,42)25-14-22(13-23(15-25)30(33,34)35)21-8-4-19(5-9-21)7-11-28(39)40/h4-6,8-10,12-15,24,36,38H,7,11,16-18H2,1-3H3,(H,39,40). The van der Waals surface area contributed by atoms with E-state index >= 15 is 0 Å². The number of carboxylic acid groups (broad SMARTS) is 1. The van der Waals surface area contributed by atoms with Crippen LogP contribution < -0.4 is 5.32 Å². The summed E-state index contributed by atoms with van der Waals surface area (Å²) in [6.45, 7) is 3.17. The van der Waals surface area contributed by atoms with E-state index in [2.05, 4.69) is 5.32 Å². The van der Waals surface area contributed by atoms with Gasteiger partial charge in [-0.3, -0.25) is 4.79 Å². The van der Waals surface area contributed by atoms with E-state index in [1.54, 1.807) is 18.2 Å². The molecule has 3 rings (SSSR count). The molecule has 0 amide bonds. The van der Waals surface area contributed by atoms with Crippen molar-refractivity contribution in [3.63, 3.8) is 0 Å². The number of carboxylic acids is 1. The zero-order valence-electron chi connectivity index (χ0n) is 23.8. The first-order chi connectivity index (χ1) is 19.9. The van der Waals surface area contributed by atoms with Gasteiger partial charge in [-0.05, 0) is 79.3 Å². The number of nitrogens with zero attached hydrogens (tertiary/aromatic N) is 1. The number of hydrogen-bond acceptors (Lipinski definition) is 5. The van der Waals surface area contributed by atoms with E-state index in [4.69, 9.17) is 16.7 Å². The van der Waals surface area contributed by atoms with Crippen molar-refractivity contribution in [3.05, 3.63) is 88.2 Å². The maximum Gasteiger partial charge on any atom is 0.416 e. The SMILES string of the molecule is CN(CC(O)CNC(C)(C)Cc1ccc(Cl)c(F)c1)S(=O)(=O)c1cc(-c2ccc(CCC(=O)O)cc2)cc(C(F)(F)F)c1. The van der Waals surface area contributed by atoms with Gasteiger partial charge in [-0.2, -0.15) is 17.5 Å². The number of alkyl halides is 3. The number of halogens is 5. The third kappa shape index (κ3) is 9.73. The third-order valence-corrected chi connectivity index (χ3v) is 8.88. The van der Waals surface area contributed by atoms with Crippen molar-refractivity contribution in [2.75, 3.05) is 20.1 Å². The Morgan fingerprint density at radius 3 is 2.21 bits per heavy atom. The van der Waals surface area contributed by atoms with E-state index in [1.807, 2.05) is 13.8 Å². The predicted octanol–water partition coefficient (Wildman–Crippen LogP) is 5.77. The third-order valence-electron chi connectivity index (χ3n) is 6.77. The number of carbonyl (C=O) groups is 1. The summed E-state index contributed by atoms with van der Waals surface area (Å²) < 4.78 is 82.6. The molecule has 3 aromatic rings. The van der Waals surface area contributed by atoms with Crippen molar-refractivity contribution < 1.29 is 41.0 Å². The van der Waals surface area contributed by atoms with Crippen molar-refractivity contribution >= 4 is 27.6 Å². The summed E-state index contributed by atoms with van der Waals surface area (Å²) in [5.41, 5.74) is -0.140. The van der Waals surface area contributed by atoms with Crippen molar-refractivity contribution in [2.45, 2.75) is 55.8 Å². The molecule has 0 heterocycles. The predicted molar refractivity (Wildman–Crippen MR) is 156 cm³/mol. The molecule has 0 aliphatic heterocycles. The lowest BCUT2D eigenvalue weighted by Crippen LogP contribution is -2.47. The molecule has 3 N–H and O–H groups in total. The van der Waals surface area contributed by atoms with Gasteiger partial charge in [0.25, 0.3) is 0 Å². The Hall–Kier alpha value is -3.03. The fourth-order valence-electron chi connectivity index (χ4n) is 4.45.